The van der Waals surface area contributed by atoms with E-state index in [0.29, 0.717) is 17.9 Å². The highest BCUT2D eigenvalue weighted by molar-refractivity contribution is 5.43. The second-order valence-corrected chi connectivity index (χ2v) is 4.94. The van der Waals surface area contributed by atoms with Crippen molar-refractivity contribution in [3.63, 3.8) is 0 Å². The van der Waals surface area contributed by atoms with Gasteiger partial charge in [-0.05, 0) is 25.0 Å². The molecular formula is C12H14F3N3. The molecule has 98 valence electrons. The minimum Gasteiger partial charge on any atom is -0.353 e. The van der Waals surface area contributed by atoms with Crippen LogP contribution < -0.4 is 10.2 Å². The number of anilines is 1. The van der Waals surface area contributed by atoms with Gasteiger partial charge in [0, 0.05) is 31.4 Å². The quantitative estimate of drug-likeness (QED) is 0.834. The standard InChI is InChI=1S/C12H14F3N3/c13-12(14,15)8-3-4-16-11(5-8)18-6-9-1-2-10(7-18)17-9/h3-5,9-10,17H,1-2,6-7H2/t9-,10?/m0/s1. The Labute approximate surface area is 103 Å². The molecule has 2 bridgehead atoms. The van der Waals surface area contributed by atoms with Gasteiger partial charge < -0.3 is 10.2 Å². The first kappa shape index (κ1) is 11.8. The highest BCUT2D eigenvalue weighted by Gasteiger charge is 2.34. The van der Waals surface area contributed by atoms with Crippen molar-refractivity contribution >= 4 is 5.82 Å². The van der Waals surface area contributed by atoms with Crippen molar-refractivity contribution in [3.8, 4) is 0 Å². The SMILES string of the molecule is FC(F)(F)c1ccnc(N2CC3CC[C@@H](C2)N3)c1. The predicted octanol–water partition coefficient (Wildman–Crippen LogP) is 2.04. The molecule has 0 aliphatic carbocycles. The molecule has 1 unspecified atom stereocenters. The Kier molecular flexibility index (Phi) is 2.69. The summed E-state index contributed by atoms with van der Waals surface area (Å²) in [6.07, 6.45) is -0.868. The van der Waals surface area contributed by atoms with Crippen LogP contribution in [0, 0.1) is 0 Å². The lowest BCUT2D eigenvalue weighted by atomic mass is 10.2. The normalized spacial score (nSPS) is 27.6. The molecule has 3 rings (SSSR count). The van der Waals surface area contributed by atoms with E-state index in [4.69, 9.17) is 0 Å². The molecule has 6 heteroatoms. The number of nitrogens with one attached hydrogen (secondary N) is 1. The Morgan fingerprint density at radius 2 is 1.89 bits per heavy atom. The average Bonchev–Trinajstić information content (AvgIpc) is 2.67. The van der Waals surface area contributed by atoms with Crippen molar-refractivity contribution in [3.05, 3.63) is 23.9 Å². The maximum Gasteiger partial charge on any atom is 0.416 e. The lowest BCUT2D eigenvalue weighted by Gasteiger charge is -2.33. The summed E-state index contributed by atoms with van der Waals surface area (Å²) in [5.74, 6) is 0.434. The third-order valence-electron chi connectivity index (χ3n) is 3.61. The number of piperazine rings is 1. The number of hydrogen-bond donors (Lipinski definition) is 1. The van der Waals surface area contributed by atoms with Crippen LogP contribution in [0.3, 0.4) is 0 Å². The molecule has 2 aliphatic rings. The summed E-state index contributed by atoms with van der Waals surface area (Å²) < 4.78 is 37.9. The largest absolute Gasteiger partial charge is 0.416 e. The molecule has 1 aromatic heterocycles. The van der Waals surface area contributed by atoms with Crippen molar-refractivity contribution in [1.29, 1.82) is 0 Å². The van der Waals surface area contributed by atoms with Crippen molar-refractivity contribution < 1.29 is 13.2 Å². The molecule has 2 saturated heterocycles. The summed E-state index contributed by atoms with van der Waals surface area (Å²) in [5.41, 5.74) is -0.627. The first-order valence-electron chi connectivity index (χ1n) is 6.06. The summed E-state index contributed by atoms with van der Waals surface area (Å²) in [5, 5.41) is 3.44. The minimum absolute atomic E-state index is 0.389. The number of hydrogen-bond acceptors (Lipinski definition) is 3. The van der Waals surface area contributed by atoms with Crippen molar-refractivity contribution in [2.45, 2.75) is 31.1 Å². The maximum atomic E-state index is 12.6. The van der Waals surface area contributed by atoms with Gasteiger partial charge in [0.2, 0.25) is 0 Å². The Hall–Kier alpha value is -1.30. The van der Waals surface area contributed by atoms with Gasteiger partial charge in [0.1, 0.15) is 5.82 Å². The average molecular weight is 257 g/mol. The van der Waals surface area contributed by atoms with Gasteiger partial charge in [-0.1, -0.05) is 0 Å². The number of aromatic nitrogens is 1. The number of nitrogens with zero attached hydrogens (tertiary/aromatic N) is 2. The molecule has 3 heterocycles. The third kappa shape index (κ3) is 2.16. The summed E-state index contributed by atoms with van der Waals surface area (Å²) in [7, 11) is 0. The van der Waals surface area contributed by atoms with Gasteiger partial charge in [0.25, 0.3) is 0 Å². The van der Waals surface area contributed by atoms with Crippen LogP contribution in [0.15, 0.2) is 18.3 Å². The fourth-order valence-electron chi connectivity index (χ4n) is 2.75. The summed E-state index contributed by atoms with van der Waals surface area (Å²) in [4.78, 5) is 6.02. The number of rotatable bonds is 1. The molecule has 2 aliphatic heterocycles. The second-order valence-electron chi connectivity index (χ2n) is 4.94. The predicted molar refractivity (Wildman–Crippen MR) is 61.4 cm³/mol. The third-order valence-corrected chi connectivity index (χ3v) is 3.61. The molecule has 0 spiro atoms. The lowest BCUT2D eigenvalue weighted by Crippen LogP contribution is -2.51. The molecule has 1 aromatic rings. The molecule has 18 heavy (non-hydrogen) atoms. The Morgan fingerprint density at radius 3 is 2.50 bits per heavy atom. The van der Waals surface area contributed by atoms with E-state index >= 15 is 0 Å². The molecule has 1 N–H and O–H groups in total. The van der Waals surface area contributed by atoms with Crippen LogP contribution in [0.5, 0.6) is 0 Å². The summed E-state index contributed by atoms with van der Waals surface area (Å²) >= 11 is 0. The van der Waals surface area contributed by atoms with Crippen LogP contribution in [0.2, 0.25) is 0 Å². The molecule has 2 atom stereocenters. The topological polar surface area (TPSA) is 28.2 Å². The zero-order chi connectivity index (χ0) is 12.8. The van der Waals surface area contributed by atoms with E-state index in [1.165, 1.54) is 6.20 Å². The Balaban J connectivity index is 1.84. The molecule has 3 nitrogen and oxygen atoms in total. The number of pyridine rings is 1. The smallest absolute Gasteiger partial charge is 0.353 e. The second kappa shape index (κ2) is 4.12. The zero-order valence-electron chi connectivity index (χ0n) is 9.74. The van der Waals surface area contributed by atoms with E-state index in [9.17, 15) is 13.2 Å². The first-order valence-corrected chi connectivity index (χ1v) is 6.06. The molecule has 0 aromatic carbocycles. The van der Waals surface area contributed by atoms with E-state index in [-0.39, 0.29) is 0 Å². The van der Waals surface area contributed by atoms with Crippen molar-refractivity contribution in [2.24, 2.45) is 0 Å². The zero-order valence-corrected chi connectivity index (χ0v) is 9.74. The van der Waals surface area contributed by atoms with E-state index in [2.05, 4.69) is 10.3 Å². The monoisotopic (exact) mass is 257 g/mol. The van der Waals surface area contributed by atoms with Crippen LogP contribution in [0.4, 0.5) is 19.0 Å². The van der Waals surface area contributed by atoms with Gasteiger partial charge in [-0.2, -0.15) is 13.2 Å². The fraction of sp³-hybridized carbons (Fsp3) is 0.583. The van der Waals surface area contributed by atoms with Crippen molar-refractivity contribution in [1.82, 2.24) is 10.3 Å². The van der Waals surface area contributed by atoms with E-state index < -0.39 is 11.7 Å². The molecule has 0 saturated carbocycles. The van der Waals surface area contributed by atoms with Gasteiger partial charge >= 0.3 is 6.18 Å². The van der Waals surface area contributed by atoms with Crippen LogP contribution >= 0.6 is 0 Å². The van der Waals surface area contributed by atoms with E-state index in [1.54, 1.807) is 0 Å². The van der Waals surface area contributed by atoms with Crippen LogP contribution in [0.1, 0.15) is 18.4 Å². The maximum absolute atomic E-state index is 12.6. The van der Waals surface area contributed by atoms with Crippen LogP contribution in [-0.2, 0) is 6.18 Å². The van der Waals surface area contributed by atoms with Gasteiger partial charge in [0.05, 0.1) is 5.56 Å². The summed E-state index contributed by atoms with van der Waals surface area (Å²) in [6.45, 7) is 1.48. The lowest BCUT2D eigenvalue weighted by molar-refractivity contribution is -0.137. The highest BCUT2D eigenvalue weighted by Crippen LogP contribution is 2.31. The molecule has 0 radical (unpaired) electrons. The van der Waals surface area contributed by atoms with Gasteiger partial charge in [0.15, 0.2) is 0 Å². The van der Waals surface area contributed by atoms with Gasteiger partial charge in [-0.3, -0.25) is 0 Å². The van der Waals surface area contributed by atoms with Crippen molar-refractivity contribution in [2.75, 3.05) is 18.0 Å². The van der Waals surface area contributed by atoms with E-state index in [0.717, 1.165) is 38.1 Å². The highest BCUT2D eigenvalue weighted by atomic mass is 19.4. The fourth-order valence-corrected chi connectivity index (χ4v) is 2.75. The Morgan fingerprint density at radius 1 is 1.22 bits per heavy atom. The number of fused-ring (bicyclic) bond motifs is 2. The molecule has 2 fully saturated rings. The molecular weight excluding hydrogens is 243 g/mol. The Bertz CT molecular complexity index is 434. The number of alkyl halides is 3. The summed E-state index contributed by atoms with van der Waals surface area (Å²) in [6, 6.07) is 2.94. The van der Waals surface area contributed by atoms with Crippen LogP contribution in [0.25, 0.3) is 0 Å². The van der Waals surface area contributed by atoms with Gasteiger partial charge in [-0.25, -0.2) is 4.98 Å². The first-order chi connectivity index (χ1) is 8.52. The van der Waals surface area contributed by atoms with Gasteiger partial charge in [-0.15, -0.1) is 0 Å². The van der Waals surface area contributed by atoms with Crippen LogP contribution in [-0.4, -0.2) is 30.2 Å². The van der Waals surface area contributed by atoms with E-state index in [1.807, 2.05) is 4.90 Å². The molecule has 0 amide bonds. The number of halogens is 3. The minimum atomic E-state index is -4.30.